The fraction of sp³-hybridized carbons (Fsp3) is 0.314. The van der Waals surface area contributed by atoms with Crippen molar-refractivity contribution in [2.75, 3.05) is 32.8 Å². The first-order chi connectivity index (χ1) is 21.3. The van der Waals surface area contributed by atoms with Crippen molar-refractivity contribution in [3.63, 3.8) is 0 Å². The quantitative estimate of drug-likeness (QED) is 0.100. The predicted molar refractivity (Wildman–Crippen MR) is 173 cm³/mol. The molecule has 0 aliphatic heterocycles. The third-order valence-electron chi connectivity index (χ3n) is 7.66. The zero-order chi connectivity index (χ0) is 29.5. The van der Waals surface area contributed by atoms with E-state index in [0.29, 0.717) is 6.54 Å². The van der Waals surface area contributed by atoms with Crippen LogP contribution in [0.3, 0.4) is 0 Å². The number of aliphatic hydroxyl groups is 1. The van der Waals surface area contributed by atoms with E-state index in [2.05, 4.69) is 84.5 Å². The first kappa shape index (κ1) is 30.5. The Morgan fingerprint density at radius 1 is 0.721 bits per heavy atom. The molecule has 0 spiro atoms. The van der Waals surface area contributed by atoms with Crippen molar-refractivity contribution in [2.45, 2.75) is 38.6 Å². The van der Waals surface area contributed by atoms with Crippen LogP contribution in [0.2, 0.25) is 0 Å². The molecule has 8 heteroatoms. The lowest BCUT2D eigenvalue weighted by molar-refractivity contribution is 0.241. The van der Waals surface area contributed by atoms with Crippen molar-refractivity contribution in [3.8, 4) is 0 Å². The Balaban J connectivity index is 1.10. The summed E-state index contributed by atoms with van der Waals surface area (Å²) in [5.74, 6) is 0. The van der Waals surface area contributed by atoms with Gasteiger partial charge in [-0.25, -0.2) is 0 Å². The first-order valence-corrected chi connectivity index (χ1v) is 15.2. The number of hydrogen-bond donors (Lipinski definition) is 5. The Bertz CT molecular complexity index is 1430. The molecular weight excluding hydrogens is 534 g/mol. The molecule has 1 unspecified atom stereocenters. The van der Waals surface area contributed by atoms with E-state index in [1.807, 2.05) is 54.9 Å². The summed E-state index contributed by atoms with van der Waals surface area (Å²) in [6.45, 7) is 6.87. The fourth-order valence-electron chi connectivity index (χ4n) is 5.23. The van der Waals surface area contributed by atoms with E-state index in [0.717, 1.165) is 69.1 Å². The lowest BCUT2D eigenvalue weighted by atomic mass is 10.0. The number of rotatable bonds is 18. The number of nitrogens with one attached hydrogen (secondary N) is 4. The third kappa shape index (κ3) is 9.81. The molecule has 5 N–H and O–H groups in total. The van der Waals surface area contributed by atoms with Gasteiger partial charge >= 0.3 is 0 Å². The second-order valence-electron chi connectivity index (χ2n) is 10.9. The van der Waals surface area contributed by atoms with Gasteiger partial charge in [0.1, 0.15) is 0 Å². The standard InChI is InChI=1S/C35H43N7O/c43-27-33(21-30-23-41-35-10-2-1-9-34(30)35)40-22-28-11-13-29(14-12-28)26-42(19-17-36-24-31-7-3-5-15-38-31)20-18-37-25-32-8-4-6-16-39-32/h1-16,23,33,36-37,40-41,43H,17-22,24-27H2. The molecule has 1 atom stereocenters. The summed E-state index contributed by atoms with van der Waals surface area (Å²) in [5.41, 5.74) is 6.96. The molecule has 2 aromatic carbocycles. The normalized spacial score (nSPS) is 12.2. The lowest BCUT2D eigenvalue weighted by Crippen LogP contribution is -2.36. The van der Waals surface area contributed by atoms with Crippen LogP contribution < -0.4 is 16.0 Å². The highest BCUT2D eigenvalue weighted by Crippen LogP contribution is 2.19. The van der Waals surface area contributed by atoms with Crippen LogP contribution in [0.1, 0.15) is 28.1 Å². The summed E-state index contributed by atoms with van der Waals surface area (Å²) in [6, 6.07) is 29.2. The number of para-hydroxylation sites is 1. The summed E-state index contributed by atoms with van der Waals surface area (Å²) >= 11 is 0. The van der Waals surface area contributed by atoms with Gasteiger partial charge in [-0.3, -0.25) is 14.9 Å². The third-order valence-corrected chi connectivity index (χ3v) is 7.66. The van der Waals surface area contributed by atoms with Crippen molar-refractivity contribution in [2.24, 2.45) is 0 Å². The fourth-order valence-corrected chi connectivity index (χ4v) is 5.23. The van der Waals surface area contributed by atoms with Crippen molar-refractivity contribution < 1.29 is 5.11 Å². The zero-order valence-electron chi connectivity index (χ0n) is 24.8. The number of hydrogen-bond acceptors (Lipinski definition) is 7. The first-order valence-electron chi connectivity index (χ1n) is 15.2. The van der Waals surface area contributed by atoms with Gasteiger partial charge in [-0.15, -0.1) is 0 Å². The number of aliphatic hydroxyl groups excluding tert-OH is 1. The van der Waals surface area contributed by atoms with Crippen molar-refractivity contribution in [1.82, 2.24) is 35.8 Å². The van der Waals surface area contributed by atoms with Crippen molar-refractivity contribution in [1.29, 1.82) is 0 Å². The van der Waals surface area contributed by atoms with E-state index < -0.39 is 0 Å². The molecule has 0 bridgehead atoms. The molecule has 5 rings (SSSR count). The largest absolute Gasteiger partial charge is 0.395 e. The average molecular weight is 578 g/mol. The van der Waals surface area contributed by atoms with Gasteiger partial charge in [-0.1, -0.05) is 54.6 Å². The smallest absolute Gasteiger partial charge is 0.0588 e. The minimum Gasteiger partial charge on any atom is -0.395 e. The summed E-state index contributed by atoms with van der Waals surface area (Å²) in [7, 11) is 0. The zero-order valence-corrected chi connectivity index (χ0v) is 24.8. The number of H-pyrrole nitrogens is 1. The van der Waals surface area contributed by atoms with Crippen LogP contribution in [0.4, 0.5) is 0 Å². The molecule has 8 nitrogen and oxygen atoms in total. The van der Waals surface area contributed by atoms with Gasteiger partial charge in [0.15, 0.2) is 0 Å². The molecule has 43 heavy (non-hydrogen) atoms. The van der Waals surface area contributed by atoms with Gasteiger partial charge in [0, 0.05) is 87.9 Å². The lowest BCUT2D eigenvalue weighted by Gasteiger charge is -2.23. The van der Waals surface area contributed by atoms with Crippen LogP contribution in [-0.2, 0) is 32.6 Å². The second-order valence-corrected chi connectivity index (χ2v) is 10.9. The number of benzene rings is 2. The van der Waals surface area contributed by atoms with Crippen molar-refractivity contribution in [3.05, 3.63) is 132 Å². The van der Waals surface area contributed by atoms with Crippen LogP contribution in [0.25, 0.3) is 10.9 Å². The van der Waals surface area contributed by atoms with Gasteiger partial charge in [0.25, 0.3) is 0 Å². The summed E-state index contributed by atoms with van der Waals surface area (Å²) in [4.78, 5) is 14.6. The van der Waals surface area contributed by atoms with Gasteiger partial charge in [-0.2, -0.15) is 0 Å². The molecule has 0 saturated carbocycles. The van der Waals surface area contributed by atoms with Gasteiger partial charge in [0.05, 0.1) is 18.0 Å². The molecule has 0 aliphatic carbocycles. The SMILES string of the molecule is OCC(Cc1c[nH]c2ccccc12)NCc1ccc(CN(CCNCc2ccccn2)CCNCc2ccccn2)cc1. The number of fused-ring (bicyclic) bond motifs is 1. The maximum absolute atomic E-state index is 10.0. The van der Waals surface area contributed by atoms with Gasteiger partial charge in [0.2, 0.25) is 0 Å². The van der Waals surface area contributed by atoms with E-state index in [1.54, 1.807) is 0 Å². The maximum atomic E-state index is 10.0. The van der Waals surface area contributed by atoms with Gasteiger partial charge in [-0.05, 0) is 53.4 Å². The van der Waals surface area contributed by atoms with E-state index in [1.165, 1.54) is 22.1 Å². The molecular formula is C35H43N7O. The molecule has 0 saturated heterocycles. The topological polar surface area (TPSA) is 101 Å². The summed E-state index contributed by atoms with van der Waals surface area (Å²) < 4.78 is 0. The highest BCUT2D eigenvalue weighted by Gasteiger charge is 2.12. The summed E-state index contributed by atoms with van der Waals surface area (Å²) in [5, 5.41) is 21.9. The predicted octanol–water partition coefficient (Wildman–Crippen LogP) is 4.03. The number of pyridine rings is 2. The number of aromatic amines is 1. The molecule has 0 amide bonds. The van der Waals surface area contributed by atoms with Crippen LogP contribution in [-0.4, -0.2) is 63.8 Å². The van der Waals surface area contributed by atoms with Crippen LogP contribution >= 0.6 is 0 Å². The second kappa shape index (κ2) is 16.6. The summed E-state index contributed by atoms with van der Waals surface area (Å²) in [6.07, 6.45) is 6.50. The average Bonchev–Trinajstić information content (AvgIpc) is 3.47. The molecule has 3 heterocycles. The highest BCUT2D eigenvalue weighted by atomic mass is 16.3. The number of nitrogens with zero attached hydrogens (tertiary/aromatic N) is 3. The van der Waals surface area contributed by atoms with E-state index in [-0.39, 0.29) is 12.6 Å². The molecule has 5 aromatic rings. The minimum atomic E-state index is -0.00783. The Morgan fingerprint density at radius 2 is 1.35 bits per heavy atom. The monoisotopic (exact) mass is 577 g/mol. The van der Waals surface area contributed by atoms with Crippen LogP contribution in [0.15, 0.2) is 104 Å². The Morgan fingerprint density at radius 3 is 1.98 bits per heavy atom. The van der Waals surface area contributed by atoms with Crippen molar-refractivity contribution >= 4 is 10.9 Å². The van der Waals surface area contributed by atoms with Crippen LogP contribution in [0, 0.1) is 0 Å². The molecule has 0 radical (unpaired) electrons. The van der Waals surface area contributed by atoms with Gasteiger partial charge < -0.3 is 26.0 Å². The van der Waals surface area contributed by atoms with E-state index in [4.69, 9.17) is 0 Å². The number of aromatic nitrogens is 3. The molecule has 0 aliphatic rings. The van der Waals surface area contributed by atoms with Crippen LogP contribution in [0.5, 0.6) is 0 Å². The molecule has 0 fully saturated rings. The van der Waals surface area contributed by atoms with E-state index >= 15 is 0 Å². The maximum Gasteiger partial charge on any atom is 0.0588 e. The minimum absolute atomic E-state index is 0.00783. The Kier molecular flexibility index (Phi) is 11.8. The Hall–Kier alpha value is -3.92. The Labute approximate surface area is 254 Å². The molecule has 224 valence electrons. The molecule has 3 aromatic heterocycles. The van der Waals surface area contributed by atoms with E-state index in [9.17, 15) is 5.11 Å². The highest BCUT2D eigenvalue weighted by molar-refractivity contribution is 5.83.